The van der Waals surface area contributed by atoms with Crippen molar-refractivity contribution in [3.05, 3.63) is 47.1 Å². The fraction of sp³-hybridized carbons (Fsp3) is 0.154. The van der Waals surface area contributed by atoms with Crippen LogP contribution < -0.4 is 10.1 Å². The molecule has 0 aliphatic rings. The van der Waals surface area contributed by atoms with Crippen LogP contribution in [0.2, 0.25) is 5.15 Å². The lowest BCUT2D eigenvalue weighted by atomic mass is 10.2. The lowest BCUT2D eigenvalue weighted by Crippen LogP contribution is -2.20. The van der Waals surface area contributed by atoms with Gasteiger partial charge in [-0.25, -0.2) is 0 Å². The molecule has 1 aromatic carbocycles. The number of ether oxygens (including phenoxy) is 1. The van der Waals surface area contributed by atoms with E-state index in [2.05, 4.69) is 15.5 Å². The molecular formula is C13H12ClN3O2. The average molecular weight is 278 g/mol. The van der Waals surface area contributed by atoms with E-state index in [0.29, 0.717) is 11.6 Å². The van der Waals surface area contributed by atoms with E-state index < -0.39 is 0 Å². The fourth-order valence-electron chi connectivity index (χ4n) is 1.34. The number of hydrogen-bond acceptors (Lipinski definition) is 4. The van der Waals surface area contributed by atoms with Gasteiger partial charge >= 0.3 is 0 Å². The summed E-state index contributed by atoms with van der Waals surface area (Å²) >= 11 is 5.59. The van der Waals surface area contributed by atoms with Crippen LogP contribution in [0.5, 0.6) is 5.75 Å². The van der Waals surface area contributed by atoms with Crippen LogP contribution in [0.1, 0.15) is 5.56 Å². The highest BCUT2D eigenvalue weighted by atomic mass is 35.5. The third kappa shape index (κ3) is 4.22. The van der Waals surface area contributed by atoms with Crippen molar-refractivity contribution in [2.24, 2.45) is 0 Å². The molecule has 1 aromatic heterocycles. The molecule has 0 fully saturated rings. The maximum absolute atomic E-state index is 11.6. The molecule has 0 aliphatic carbocycles. The number of halogens is 1. The lowest BCUT2D eigenvalue weighted by Gasteiger charge is -2.06. The highest BCUT2D eigenvalue weighted by molar-refractivity contribution is 6.29. The Morgan fingerprint density at radius 2 is 1.95 bits per heavy atom. The molecule has 5 nitrogen and oxygen atoms in total. The standard InChI is InChI=1S/C13H12ClN3O2/c1-9-2-4-10(5-3-9)19-8-13(18)15-12-7-6-11(14)16-17-12/h2-7H,8H2,1H3,(H,15,17,18). The number of hydrogen-bond donors (Lipinski definition) is 1. The van der Waals surface area contributed by atoms with Gasteiger partial charge in [0.25, 0.3) is 5.91 Å². The van der Waals surface area contributed by atoms with Gasteiger partial charge in [-0.1, -0.05) is 29.3 Å². The summed E-state index contributed by atoms with van der Waals surface area (Å²) in [5, 5.41) is 10.2. The van der Waals surface area contributed by atoms with Crippen LogP contribution in [0.4, 0.5) is 5.82 Å². The molecule has 0 unspecified atom stereocenters. The second-order valence-electron chi connectivity index (χ2n) is 3.89. The number of carbonyl (C=O) groups is 1. The molecule has 0 saturated carbocycles. The van der Waals surface area contributed by atoms with Crippen molar-refractivity contribution in [1.82, 2.24) is 10.2 Å². The number of anilines is 1. The van der Waals surface area contributed by atoms with Gasteiger partial charge in [0, 0.05) is 0 Å². The van der Waals surface area contributed by atoms with Gasteiger partial charge in [0.05, 0.1) is 0 Å². The van der Waals surface area contributed by atoms with Gasteiger partial charge in [-0.05, 0) is 31.2 Å². The van der Waals surface area contributed by atoms with Crippen molar-refractivity contribution in [2.75, 3.05) is 11.9 Å². The number of nitrogens with zero attached hydrogens (tertiary/aromatic N) is 2. The summed E-state index contributed by atoms with van der Waals surface area (Å²) in [5.74, 6) is 0.669. The zero-order chi connectivity index (χ0) is 13.7. The minimum Gasteiger partial charge on any atom is -0.484 e. The van der Waals surface area contributed by atoms with Crippen LogP contribution in [0, 0.1) is 6.92 Å². The molecule has 1 amide bonds. The third-order valence-electron chi connectivity index (χ3n) is 2.29. The summed E-state index contributed by atoms with van der Waals surface area (Å²) in [6, 6.07) is 10.6. The molecule has 98 valence electrons. The van der Waals surface area contributed by atoms with E-state index in [-0.39, 0.29) is 17.7 Å². The third-order valence-corrected chi connectivity index (χ3v) is 2.49. The molecule has 1 heterocycles. The molecule has 0 aliphatic heterocycles. The molecule has 0 bridgehead atoms. The van der Waals surface area contributed by atoms with Crippen molar-refractivity contribution in [3.8, 4) is 5.75 Å². The average Bonchev–Trinajstić information content (AvgIpc) is 2.41. The fourth-order valence-corrected chi connectivity index (χ4v) is 1.45. The second-order valence-corrected chi connectivity index (χ2v) is 4.28. The van der Waals surface area contributed by atoms with E-state index in [1.807, 2.05) is 31.2 Å². The number of nitrogens with one attached hydrogen (secondary N) is 1. The van der Waals surface area contributed by atoms with Crippen molar-refractivity contribution in [1.29, 1.82) is 0 Å². The lowest BCUT2D eigenvalue weighted by molar-refractivity contribution is -0.118. The van der Waals surface area contributed by atoms with Crippen molar-refractivity contribution in [2.45, 2.75) is 6.92 Å². The predicted octanol–water partition coefficient (Wildman–Crippen LogP) is 2.46. The Kier molecular flexibility index (Phi) is 4.30. The quantitative estimate of drug-likeness (QED) is 0.932. The van der Waals surface area contributed by atoms with Crippen molar-refractivity contribution < 1.29 is 9.53 Å². The topological polar surface area (TPSA) is 64.1 Å². The first kappa shape index (κ1) is 13.3. The van der Waals surface area contributed by atoms with Gasteiger partial charge < -0.3 is 10.1 Å². The summed E-state index contributed by atoms with van der Waals surface area (Å²) in [6.45, 7) is 1.89. The Morgan fingerprint density at radius 1 is 1.21 bits per heavy atom. The first-order valence-electron chi connectivity index (χ1n) is 5.62. The molecular weight excluding hydrogens is 266 g/mol. The molecule has 19 heavy (non-hydrogen) atoms. The highest BCUT2D eigenvalue weighted by Crippen LogP contribution is 2.11. The van der Waals surface area contributed by atoms with Gasteiger partial charge in [-0.15, -0.1) is 10.2 Å². The smallest absolute Gasteiger partial charge is 0.263 e. The van der Waals surface area contributed by atoms with Crippen molar-refractivity contribution in [3.63, 3.8) is 0 Å². The molecule has 0 radical (unpaired) electrons. The van der Waals surface area contributed by atoms with Crippen molar-refractivity contribution >= 4 is 23.3 Å². The summed E-state index contributed by atoms with van der Waals surface area (Å²) in [6.07, 6.45) is 0. The molecule has 1 N–H and O–H groups in total. The Labute approximate surface area is 115 Å². The van der Waals surface area contributed by atoms with E-state index in [1.165, 1.54) is 0 Å². The SMILES string of the molecule is Cc1ccc(OCC(=O)Nc2ccc(Cl)nn2)cc1. The first-order chi connectivity index (χ1) is 9.13. The number of aromatic nitrogens is 2. The minimum atomic E-state index is -0.308. The molecule has 6 heteroatoms. The normalized spacial score (nSPS) is 10.0. The zero-order valence-electron chi connectivity index (χ0n) is 10.3. The molecule has 0 saturated heterocycles. The predicted molar refractivity (Wildman–Crippen MR) is 72.3 cm³/mol. The first-order valence-corrected chi connectivity index (χ1v) is 6.00. The van der Waals surface area contributed by atoms with E-state index in [0.717, 1.165) is 5.56 Å². The van der Waals surface area contributed by atoms with Crippen LogP contribution in [0.3, 0.4) is 0 Å². The maximum atomic E-state index is 11.6. The Hall–Kier alpha value is -2.14. The monoisotopic (exact) mass is 277 g/mol. The van der Waals surface area contributed by atoms with Crippen LogP contribution in [0.25, 0.3) is 0 Å². The van der Waals surface area contributed by atoms with Gasteiger partial charge in [-0.3, -0.25) is 4.79 Å². The van der Waals surface area contributed by atoms with E-state index in [9.17, 15) is 4.79 Å². The molecule has 0 spiro atoms. The van der Waals surface area contributed by atoms with Gasteiger partial charge in [-0.2, -0.15) is 0 Å². The van der Waals surface area contributed by atoms with Crippen LogP contribution >= 0.6 is 11.6 Å². The number of aryl methyl sites for hydroxylation is 1. The second kappa shape index (κ2) is 6.15. The van der Waals surface area contributed by atoms with Crippen LogP contribution in [0.15, 0.2) is 36.4 Å². The highest BCUT2D eigenvalue weighted by Gasteiger charge is 2.05. The Balaban J connectivity index is 1.84. The molecule has 2 rings (SSSR count). The Morgan fingerprint density at radius 3 is 2.58 bits per heavy atom. The summed E-state index contributed by atoms with van der Waals surface area (Å²) in [4.78, 5) is 11.6. The van der Waals surface area contributed by atoms with Gasteiger partial charge in [0.2, 0.25) is 0 Å². The van der Waals surface area contributed by atoms with Crippen LogP contribution in [-0.2, 0) is 4.79 Å². The zero-order valence-corrected chi connectivity index (χ0v) is 11.0. The summed E-state index contributed by atoms with van der Waals surface area (Å²) in [5.41, 5.74) is 1.13. The van der Waals surface area contributed by atoms with Gasteiger partial charge in [0.1, 0.15) is 5.75 Å². The van der Waals surface area contributed by atoms with Gasteiger partial charge in [0.15, 0.2) is 17.6 Å². The minimum absolute atomic E-state index is 0.0899. The summed E-state index contributed by atoms with van der Waals surface area (Å²) < 4.78 is 5.33. The number of benzene rings is 1. The largest absolute Gasteiger partial charge is 0.484 e. The van der Waals surface area contributed by atoms with E-state index in [1.54, 1.807) is 12.1 Å². The maximum Gasteiger partial charge on any atom is 0.263 e. The number of carbonyl (C=O) groups excluding carboxylic acids is 1. The van der Waals surface area contributed by atoms with E-state index >= 15 is 0 Å². The number of amides is 1. The Bertz CT molecular complexity index is 555. The van der Waals surface area contributed by atoms with E-state index in [4.69, 9.17) is 16.3 Å². The molecule has 0 atom stereocenters. The van der Waals surface area contributed by atoms with Crippen LogP contribution in [-0.4, -0.2) is 22.7 Å². The summed E-state index contributed by atoms with van der Waals surface area (Å²) in [7, 11) is 0. The molecule has 2 aromatic rings. The number of rotatable bonds is 4.